The van der Waals surface area contributed by atoms with Crippen LogP contribution in [0.1, 0.15) is 27.6 Å². The first-order valence-electron chi connectivity index (χ1n) is 12.0. The Morgan fingerprint density at radius 3 is 2.45 bits per heavy atom. The molecule has 5 rings (SSSR count). The van der Waals surface area contributed by atoms with Crippen molar-refractivity contribution in [2.45, 2.75) is 13.0 Å². The maximum atomic E-state index is 13.7. The third-order valence-corrected chi connectivity index (χ3v) is 6.07. The number of fused-ring (bicyclic) bond motifs is 1. The van der Waals surface area contributed by atoms with Gasteiger partial charge in [-0.25, -0.2) is 9.78 Å². The fourth-order valence-electron chi connectivity index (χ4n) is 4.20. The van der Waals surface area contributed by atoms with Crippen molar-refractivity contribution in [1.29, 1.82) is 0 Å². The molecule has 1 amide bonds. The van der Waals surface area contributed by atoms with Gasteiger partial charge in [0, 0.05) is 28.9 Å². The summed E-state index contributed by atoms with van der Waals surface area (Å²) >= 11 is 0. The van der Waals surface area contributed by atoms with Crippen LogP contribution in [0, 0.1) is 6.92 Å². The summed E-state index contributed by atoms with van der Waals surface area (Å²) in [6.07, 6.45) is 2.15. The van der Waals surface area contributed by atoms with Crippen LogP contribution < -0.4 is 10.1 Å². The van der Waals surface area contributed by atoms with Crippen LogP contribution in [-0.4, -0.2) is 29.0 Å². The molecule has 0 aliphatic carbocycles. The lowest BCUT2D eigenvalue weighted by molar-refractivity contribution is -0.125. The van der Waals surface area contributed by atoms with Gasteiger partial charge in [-0.1, -0.05) is 54.6 Å². The predicted molar refractivity (Wildman–Crippen MR) is 146 cm³/mol. The van der Waals surface area contributed by atoms with Gasteiger partial charge in [0.15, 0.2) is 0 Å². The molecule has 0 bridgehead atoms. The Balaban J connectivity index is 1.53. The number of carbonyl (C=O) groups is 2. The molecule has 0 saturated carbocycles. The molecule has 0 radical (unpaired) electrons. The molecule has 2 aromatic heterocycles. The minimum atomic E-state index is -1.21. The number of carbonyl (C=O) groups excluding carboxylic acids is 2. The summed E-state index contributed by atoms with van der Waals surface area (Å²) < 4.78 is 11.3. The normalized spacial score (nSPS) is 11.5. The minimum absolute atomic E-state index is 0.302. The van der Waals surface area contributed by atoms with E-state index in [1.54, 1.807) is 67.0 Å². The molecule has 0 aliphatic rings. The number of hydrogen-bond acceptors (Lipinski definition) is 6. The summed E-state index contributed by atoms with van der Waals surface area (Å²) in [7, 11) is 1.53. The average Bonchev–Trinajstić information content (AvgIpc) is 2.96. The zero-order valence-corrected chi connectivity index (χ0v) is 20.9. The Labute approximate surface area is 220 Å². The van der Waals surface area contributed by atoms with Gasteiger partial charge in [0.1, 0.15) is 5.75 Å². The number of hydrogen-bond donors (Lipinski definition) is 1. The van der Waals surface area contributed by atoms with Crippen LogP contribution in [0.2, 0.25) is 0 Å². The highest BCUT2D eigenvalue weighted by Crippen LogP contribution is 2.30. The zero-order valence-electron chi connectivity index (χ0n) is 20.9. The topological polar surface area (TPSA) is 90.4 Å². The first kappa shape index (κ1) is 24.6. The molecule has 1 N–H and O–H groups in total. The van der Waals surface area contributed by atoms with E-state index < -0.39 is 18.0 Å². The number of anilines is 1. The van der Waals surface area contributed by atoms with Crippen LogP contribution in [0.4, 0.5) is 5.69 Å². The average molecular weight is 504 g/mol. The molecule has 1 atom stereocenters. The highest BCUT2D eigenvalue weighted by molar-refractivity contribution is 6.06. The molecule has 0 spiro atoms. The van der Waals surface area contributed by atoms with E-state index in [0.29, 0.717) is 39.2 Å². The van der Waals surface area contributed by atoms with Crippen LogP contribution in [0.3, 0.4) is 0 Å². The number of aryl methyl sites for hydroxylation is 1. The van der Waals surface area contributed by atoms with E-state index in [2.05, 4.69) is 10.3 Å². The number of nitrogens with zero attached hydrogens (tertiary/aromatic N) is 2. The highest BCUT2D eigenvalue weighted by Gasteiger charge is 2.28. The third-order valence-electron chi connectivity index (χ3n) is 6.07. The molecule has 0 saturated heterocycles. The Bertz CT molecular complexity index is 1600. The SMILES string of the molecule is COc1ccc(C)cc1NC(=O)[C@H](OC(=O)c1cc(-c2cccnc2)nc2ccccc12)c1ccccc1. The molecule has 7 nitrogen and oxygen atoms in total. The van der Waals surface area contributed by atoms with E-state index >= 15 is 0 Å². The van der Waals surface area contributed by atoms with Gasteiger partial charge in [0.25, 0.3) is 5.91 Å². The number of rotatable bonds is 7. The first-order valence-corrected chi connectivity index (χ1v) is 12.0. The third kappa shape index (κ3) is 5.22. The van der Waals surface area contributed by atoms with Crippen molar-refractivity contribution < 1.29 is 19.1 Å². The number of pyridine rings is 2. The number of nitrogens with one attached hydrogen (secondary N) is 1. The van der Waals surface area contributed by atoms with E-state index in [4.69, 9.17) is 14.5 Å². The van der Waals surface area contributed by atoms with Gasteiger partial charge in [-0.05, 0) is 48.9 Å². The van der Waals surface area contributed by atoms with Gasteiger partial charge < -0.3 is 14.8 Å². The molecular weight excluding hydrogens is 478 g/mol. The van der Waals surface area contributed by atoms with Crippen LogP contribution in [0.15, 0.2) is 103 Å². The van der Waals surface area contributed by atoms with Crippen LogP contribution in [0.5, 0.6) is 5.75 Å². The van der Waals surface area contributed by atoms with Crippen molar-refractivity contribution in [3.8, 4) is 17.0 Å². The second kappa shape index (κ2) is 10.9. The smallest absolute Gasteiger partial charge is 0.340 e. The summed E-state index contributed by atoms with van der Waals surface area (Å²) in [4.78, 5) is 36.1. The molecule has 3 aromatic carbocycles. The lowest BCUT2D eigenvalue weighted by Crippen LogP contribution is -2.26. The second-order valence-corrected chi connectivity index (χ2v) is 8.70. The molecule has 38 heavy (non-hydrogen) atoms. The summed E-state index contributed by atoms with van der Waals surface area (Å²) in [6.45, 7) is 1.91. The van der Waals surface area contributed by atoms with Crippen molar-refractivity contribution in [1.82, 2.24) is 9.97 Å². The van der Waals surface area contributed by atoms with Crippen LogP contribution in [-0.2, 0) is 9.53 Å². The Morgan fingerprint density at radius 2 is 1.68 bits per heavy atom. The maximum absolute atomic E-state index is 13.7. The maximum Gasteiger partial charge on any atom is 0.340 e. The number of aromatic nitrogens is 2. The molecule has 5 aromatic rings. The second-order valence-electron chi connectivity index (χ2n) is 8.70. The molecule has 2 heterocycles. The molecule has 188 valence electrons. The minimum Gasteiger partial charge on any atom is -0.495 e. The highest BCUT2D eigenvalue weighted by atomic mass is 16.5. The van der Waals surface area contributed by atoms with Crippen molar-refractivity contribution >= 4 is 28.5 Å². The van der Waals surface area contributed by atoms with E-state index in [0.717, 1.165) is 11.1 Å². The summed E-state index contributed by atoms with van der Waals surface area (Å²) in [5.41, 5.74) is 4.24. The number of amides is 1. The van der Waals surface area contributed by atoms with Gasteiger partial charge in [0.05, 0.1) is 29.6 Å². The van der Waals surface area contributed by atoms with Gasteiger partial charge in [-0.3, -0.25) is 9.78 Å². The molecule has 0 fully saturated rings. The van der Waals surface area contributed by atoms with E-state index in [-0.39, 0.29) is 0 Å². The van der Waals surface area contributed by atoms with E-state index in [9.17, 15) is 9.59 Å². The Hall–Kier alpha value is -5.04. The largest absolute Gasteiger partial charge is 0.495 e. The van der Waals surface area contributed by atoms with Gasteiger partial charge >= 0.3 is 5.97 Å². The summed E-state index contributed by atoms with van der Waals surface area (Å²) in [5, 5.41) is 3.49. The van der Waals surface area contributed by atoms with Crippen molar-refractivity contribution in [2.24, 2.45) is 0 Å². The van der Waals surface area contributed by atoms with Crippen LogP contribution >= 0.6 is 0 Å². The Morgan fingerprint density at radius 1 is 0.895 bits per heavy atom. The predicted octanol–water partition coefficient (Wildman–Crippen LogP) is 6.15. The molecular formula is C31H25N3O4. The van der Waals surface area contributed by atoms with Gasteiger partial charge in [-0.2, -0.15) is 0 Å². The number of para-hydroxylation sites is 1. The van der Waals surface area contributed by atoms with Gasteiger partial charge in [-0.15, -0.1) is 0 Å². The van der Waals surface area contributed by atoms with Crippen molar-refractivity contribution in [3.63, 3.8) is 0 Å². The first-order chi connectivity index (χ1) is 18.5. The van der Waals surface area contributed by atoms with Crippen LogP contribution in [0.25, 0.3) is 22.2 Å². The fraction of sp³-hybridized carbons (Fsp3) is 0.0968. The zero-order chi connectivity index (χ0) is 26.5. The van der Waals surface area contributed by atoms with E-state index in [1.807, 2.05) is 43.3 Å². The molecule has 0 unspecified atom stereocenters. The lowest BCUT2D eigenvalue weighted by Gasteiger charge is -2.20. The molecule has 7 heteroatoms. The monoisotopic (exact) mass is 503 g/mol. The lowest BCUT2D eigenvalue weighted by atomic mass is 10.0. The van der Waals surface area contributed by atoms with Crippen molar-refractivity contribution in [2.75, 3.05) is 12.4 Å². The number of ether oxygens (including phenoxy) is 2. The molecule has 0 aliphatic heterocycles. The van der Waals surface area contributed by atoms with Crippen molar-refractivity contribution in [3.05, 3.63) is 120 Å². The number of esters is 1. The number of methoxy groups -OCH3 is 1. The Kier molecular flexibility index (Phi) is 7.08. The summed E-state index contributed by atoms with van der Waals surface area (Å²) in [5.74, 6) is -0.642. The summed E-state index contributed by atoms with van der Waals surface area (Å²) in [6, 6.07) is 27.0. The standard InChI is InChI=1S/C31H25N3O4/c1-20-14-15-28(37-2)27(17-20)34-30(35)29(21-9-4-3-5-10-21)38-31(36)24-18-26(22-11-8-16-32-19-22)33-25-13-7-6-12-23(24)25/h3-19,29H,1-2H3,(H,34,35)/t29-/m1/s1. The number of benzene rings is 3. The van der Waals surface area contributed by atoms with Gasteiger partial charge in [0.2, 0.25) is 6.10 Å². The van der Waals surface area contributed by atoms with E-state index in [1.165, 1.54) is 7.11 Å². The quantitative estimate of drug-likeness (QED) is 0.268. The fourth-order valence-corrected chi connectivity index (χ4v) is 4.20.